The average molecular weight is 295 g/mol. The van der Waals surface area contributed by atoms with Crippen molar-refractivity contribution in [3.63, 3.8) is 0 Å². The number of halogens is 2. The van der Waals surface area contributed by atoms with Gasteiger partial charge in [0.1, 0.15) is 5.82 Å². The molecule has 0 bridgehead atoms. The first-order valence-corrected chi connectivity index (χ1v) is 7.01. The molecule has 4 heteroatoms. The molecular weight excluding hydrogens is 275 g/mol. The van der Waals surface area contributed by atoms with Gasteiger partial charge in [-0.15, -0.1) is 0 Å². The van der Waals surface area contributed by atoms with Crippen molar-refractivity contribution in [2.75, 3.05) is 0 Å². The van der Waals surface area contributed by atoms with Crippen LogP contribution in [-0.4, -0.2) is 9.78 Å². The van der Waals surface area contributed by atoms with E-state index in [1.165, 1.54) is 0 Å². The molecule has 0 aliphatic heterocycles. The number of hydrogen-bond acceptors (Lipinski definition) is 1. The molecule has 0 fully saturated rings. The fourth-order valence-corrected chi connectivity index (χ4v) is 2.69. The highest BCUT2D eigenvalue weighted by Crippen LogP contribution is 2.36. The topological polar surface area (TPSA) is 17.8 Å². The standard InChI is InChI=1S/C16H20ClFN2/c1-9-14(10(2)20(6)19-9)11-7-12(16(3,4)5)15(18)13(17)8-11/h7-8H,1-6H3. The zero-order valence-electron chi connectivity index (χ0n) is 12.8. The monoisotopic (exact) mass is 294 g/mol. The Balaban J connectivity index is 2.74. The van der Waals surface area contributed by atoms with Crippen LogP contribution in [-0.2, 0) is 12.5 Å². The van der Waals surface area contributed by atoms with E-state index in [0.29, 0.717) is 5.56 Å². The Hall–Kier alpha value is -1.35. The summed E-state index contributed by atoms with van der Waals surface area (Å²) < 4.78 is 16.1. The Kier molecular flexibility index (Phi) is 3.67. The van der Waals surface area contributed by atoms with Gasteiger partial charge in [-0.2, -0.15) is 5.10 Å². The molecule has 2 rings (SSSR count). The van der Waals surface area contributed by atoms with Crippen LogP contribution in [0.15, 0.2) is 12.1 Å². The van der Waals surface area contributed by atoms with Gasteiger partial charge in [0.25, 0.3) is 0 Å². The van der Waals surface area contributed by atoms with Gasteiger partial charge in [-0.25, -0.2) is 4.39 Å². The summed E-state index contributed by atoms with van der Waals surface area (Å²) in [5.74, 6) is -0.331. The molecule has 0 radical (unpaired) electrons. The predicted molar refractivity (Wildman–Crippen MR) is 81.8 cm³/mol. The number of nitrogens with zero attached hydrogens (tertiary/aromatic N) is 2. The number of aromatic nitrogens is 2. The highest BCUT2D eigenvalue weighted by molar-refractivity contribution is 6.31. The van der Waals surface area contributed by atoms with Gasteiger partial charge in [0.05, 0.1) is 10.7 Å². The Labute approximate surface area is 124 Å². The predicted octanol–water partition coefficient (Wildman–Crippen LogP) is 4.79. The number of benzene rings is 1. The minimum atomic E-state index is -0.331. The molecule has 108 valence electrons. The molecule has 2 nitrogen and oxygen atoms in total. The molecule has 1 heterocycles. The SMILES string of the molecule is Cc1nn(C)c(C)c1-c1cc(Cl)c(F)c(C(C)(C)C)c1. The molecule has 2 aromatic rings. The van der Waals surface area contributed by atoms with Crippen LogP contribution in [0.2, 0.25) is 5.02 Å². The maximum atomic E-state index is 14.2. The van der Waals surface area contributed by atoms with Gasteiger partial charge in [-0.3, -0.25) is 4.68 Å². The molecule has 0 N–H and O–H groups in total. The van der Waals surface area contributed by atoms with Gasteiger partial charge in [0.15, 0.2) is 0 Å². The Bertz CT molecular complexity index is 666. The van der Waals surface area contributed by atoms with Crippen LogP contribution >= 0.6 is 11.6 Å². The summed E-state index contributed by atoms with van der Waals surface area (Å²) in [5, 5.41) is 4.57. The fourth-order valence-electron chi connectivity index (χ4n) is 2.47. The van der Waals surface area contributed by atoms with Crippen molar-refractivity contribution in [2.45, 2.75) is 40.0 Å². The Morgan fingerprint density at radius 3 is 2.25 bits per heavy atom. The third-order valence-corrected chi connectivity index (χ3v) is 3.91. The van der Waals surface area contributed by atoms with Crippen LogP contribution in [0, 0.1) is 19.7 Å². The first-order valence-electron chi connectivity index (χ1n) is 6.63. The quantitative estimate of drug-likeness (QED) is 0.739. The van der Waals surface area contributed by atoms with E-state index in [-0.39, 0.29) is 16.3 Å². The summed E-state index contributed by atoms with van der Waals surface area (Å²) in [4.78, 5) is 0. The van der Waals surface area contributed by atoms with Crippen LogP contribution in [0.3, 0.4) is 0 Å². The van der Waals surface area contributed by atoms with E-state index in [1.54, 1.807) is 6.07 Å². The summed E-state index contributed by atoms with van der Waals surface area (Å²) in [6.45, 7) is 9.90. The summed E-state index contributed by atoms with van der Waals surface area (Å²) in [5.41, 5.74) is 4.25. The van der Waals surface area contributed by atoms with Gasteiger partial charge >= 0.3 is 0 Å². The zero-order valence-corrected chi connectivity index (χ0v) is 13.6. The summed E-state index contributed by atoms with van der Waals surface area (Å²) >= 11 is 6.08. The number of rotatable bonds is 1. The van der Waals surface area contributed by atoms with Crippen molar-refractivity contribution < 1.29 is 4.39 Å². The molecule has 0 saturated carbocycles. The first kappa shape index (κ1) is 15.0. The molecule has 20 heavy (non-hydrogen) atoms. The van der Waals surface area contributed by atoms with E-state index in [1.807, 2.05) is 52.4 Å². The van der Waals surface area contributed by atoms with E-state index < -0.39 is 0 Å². The highest BCUT2D eigenvalue weighted by atomic mass is 35.5. The summed E-state index contributed by atoms with van der Waals surface area (Å²) in [6, 6.07) is 3.57. The molecular formula is C16H20ClFN2. The number of aryl methyl sites for hydroxylation is 2. The molecule has 0 unspecified atom stereocenters. The lowest BCUT2D eigenvalue weighted by molar-refractivity contribution is 0.523. The van der Waals surface area contributed by atoms with Crippen LogP contribution in [0.4, 0.5) is 4.39 Å². The molecule has 0 atom stereocenters. The molecule has 0 aliphatic carbocycles. The van der Waals surface area contributed by atoms with Gasteiger partial charge in [0.2, 0.25) is 0 Å². The highest BCUT2D eigenvalue weighted by Gasteiger charge is 2.23. The largest absolute Gasteiger partial charge is 0.272 e. The second-order valence-corrected chi connectivity index (χ2v) is 6.65. The molecule has 0 aliphatic rings. The smallest absolute Gasteiger partial charge is 0.145 e. The van der Waals surface area contributed by atoms with Gasteiger partial charge < -0.3 is 0 Å². The summed E-state index contributed by atoms with van der Waals surface area (Å²) in [6.07, 6.45) is 0. The van der Waals surface area contributed by atoms with Crippen LogP contribution in [0.25, 0.3) is 11.1 Å². The maximum Gasteiger partial charge on any atom is 0.145 e. The van der Waals surface area contributed by atoms with Gasteiger partial charge in [-0.1, -0.05) is 32.4 Å². The zero-order chi connectivity index (χ0) is 15.2. The number of hydrogen-bond donors (Lipinski definition) is 0. The third kappa shape index (κ3) is 2.47. The van der Waals surface area contributed by atoms with Crippen LogP contribution in [0.5, 0.6) is 0 Å². The van der Waals surface area contributed by atoms with Crippen molar-refractivity contribution in [3.8, 4) is 11.1 Å². The summed E-state index contributed by atoms with van der Waals surface area (Å²) in [7, 11) is 1.90. The Morgan fingerprint density at radius 1 is 1.20 bits per heavy atom. The van der Waals surface area contributed by atoms with Gasteiger partial charge in [0, 0.05) is 18.3 Å². The Morgan fingerprint density at radius 2 is 1.80 bits per heavy atom. The average Bonchev–Trinajstić information content (AvgIpc) is 2.55. The van der Waals surface area contributed by atoms with Gasteiger partial charge in [-0.05, 0) is 42.5 Å². The second-order valence-electron chi connectivity index (χ2n) is 6.24. The van der Waals surface area contributed by atoms with Crippen LogP contribution < -0.4 is 0 Å². The lowest BCUT2D eigenvalue weighted by Crippen LogP contribution is -2.14. The van der Waals surface area contributed by atoms with Crippen molar-refractivity contribution in [2.24, 2.45) is 7.05 Å². The lowest BCUT2D eigenvalue weighted by atomic mass is 9.84. The van der Waals surface area contributed by atoms with Crippen molar-refractivity contribution >= 4 is 11.6 Å². The molecule has 1 aromatic heterocycles. The minimum absolute atomic E-state index is 0.162. The van der Waals surface area contributed by atoms with Crippen LogP contribution in [0.1, 0.15) is 37.7 Å². The van der Waals surface area contributed by atoms with E-state index in [0.717, 1.165) is 22.5 Å². The van der Waals surface area contributed by atoms with Crippen molar-refractivity contribution in [1.29, 1.82) is 0 Å². The van der Waals surface area contributed by atoms with E-state index >= 15 is 0 Å². The van der Waals surface area contributed by atoms with Crippen molar-refractivity contribution in [3.05, 3.63) is 39.9 Å². The fraction of sp³-hybridized carbons (Fsp3) is 0.438. The maximum absolute atomic E-state index is 14.2. The first-order chi connectivity index (χ1) is 9.12. The minimum Gasteiger partial charge on any atom is -0.272 e. The normalized spacial score (nSPS) is 12.0. The lowest BCUT2D eigenvalue weighted by Gasteiger charge is -2.21. The van der Waals surface area contributed by atoms with Crippen molar-refractivity contribution in [1.82, 2.24) is 9.78 Å². The second kappa shape index (κ2) is 4.88. The van der Waals surface area contributed by atoms with E-state index in [9.17, 15) is 4.39 Å². The third-order valence-electron chi connectivity index (χ3n) is 3.63. The van der Waals surface area contributed by atoms with E-state index in [2.05, 4.69) is 5.10 Å². The molecule has 1 aromatic carbocycles. The van der Waals surface area contributed by atoms with E-state index in [4.69, 9.17) is 11.6 Å². The molecule has 0 spiro atoms. The molecule has 0 saturated heterocycles. The molecule has 0 amide bonds.